The molecule has 0 aliphatic carbocycles. The van der Waals surface area contributed by atoms with Crippen molar-refractivity contribution < 1.29 is 14.1 Å². The Hall–Kier alpha value is -3.09. The number of anilines is 1. The number of nitrogens with zero attached hydrogens (tertiary/aromatic N) is 3. The van der Waals surface area contributed by atoms with Crippen molar-refractivity contribution in [3.05, 3.63) is 59.2 Å². The van der Waals surface area contributed by atoms with Gasteiger partial charge in [-0.05, 0) is 38.0 Å². The summed E-state index contributed by atoms with van der Waals surface area (Å²) in [6, 6.07) is 7.88. The minimum absolute atomic E-state index is 0.206. The van der Waals surface area contributed by atoms with Crippen molar-refractivity contribution in [1.82, 2.24) is 14.9 Å². The molecule has 136 valence electrons. The molecule has 1 N–H and O–H groups in total. The summed E-state index contributed by atoms with van der Waals surface area (Å²) in [6.07, 6.45) is 4.33. The predicted octanol–water partition coefficient (Wildman–Crippen LogP) is 3.59. The van der Waals surface area contributed by atoms with Crippen molar-refractivity contribution in [3.8, 4) is 5.75 Å². The summed E-state index contributed by atoms with van der Waals surface area (Å²) >= 11 is 0. The number of hydrogen-bond acceptors (Lipinski definition) is 5. The molecule has 0 spiro atoms. The molecule has 26 heavy (non-hydrogen) atoms. The van der Waals surface area contributed by atoms with Gasteiger partial charge < -0.3 is 14.6 Å². The van der Waals surface area contributed by atoms with E-state index in [0.717, 1.165) is 18.7 Å². The normalized spacial score (nSPS) is 10.7. The quantitative estimate of drug-likeness (QED) is 0.701. The first-order valence-corrected chi connectivity index (χ1v) is 8.61. The largest absolute Gasteiger partial charge is 0.489 e. The average Bonchev–Trinajstić information content (AvgIpc) is 3.26. The summed E-state index contributed by atoms with van der Waals surface area (Å²) in [5.74, 6) is 0.945. The second kappa shape index (κ2) is 7.86. The first-order chi connectivity index (χ1) is 12.6. The molecule has 3 rings (SSSR count). The maximum absolute atomic E-state index is 12.5. The van der Waals surface area contributed by atoms with Crippen molar-refractivity contribution in [2.75, 3.05) is 5.32 Å². The van der Waals surface area contributed by atoms with Gasteiger partial charge in [0.15, 0.2) is 5.69 Å². The third kappa shape index (κ3) is 3.93. The van der Waals surface area contributed by atoms with E-state index >= 15 is 0 Å². The van der Waals surface area contributed by atoms with E-state index < -0.39 is 0 Å². The van der Waals surface area contributed by atoms with Crippen LogP contribution in [0.15, 0.2) is 41.2 Å². The van der Waals surface area contributed by atoms with Gasteiger partial charge >= 0.3 is 0 Å². The second-order valence-electron chi connectivity index (χ2n) is 5.89. The van der Waals surface area contributed by atoms with E-state index in [0.29, 0.717) is 17.0 Å². The van der Waals surface area contributed by atoms with Crippen LogP contribution in [0.5, 0.6) is 5.75 Å². The summed E-state index contributed by atoms with van der Waals surface area (Å²) in [6.45, 7) is 6.78. The molecular formula is C19H22N4O3. The molecule has 0 unspecified atom stereocenters. The Labute approximate surface area is 151 Å². The summed E-state index contributed by atoms with van der Waals surface area (Å²) in [7, 11) is 0. The van der Waals surface area contributed by atoms with Crippen LogP contribution in [-0.4, -0.2) is 20.8 Å². The second-order valence-corrected chi connectivity index (χ2v) is 5.89. The van der Waals surface area contributed by atoms with Crippen LogP contribution in [0.25, 0.3) is 0 Å². The summed E-state index contributed by atoms with van der Waals surface area (Å²) < 4.78 is 12.7. The van der Waals surface area contributed by atoms with Gasteiger partial charge in [-0.25, -0.2) is 0 Å². The van der Waals surface area contributed by atoms with Gasteiger partial charge in [0.2, 0.25) is 0 Å². The van der Waals surface area contributed by atoms with E-state index in [1.54, 1.807) is 24.0 Å². The molecule has 0 radical (unpaired) electrons. The fraction of sp³-hybridized carbons (Fsp3) is 0.316. The molecule has 0 saturated carbocycles. The fourth-order valence-corrected chi connectivity index (χ4v) is 2.51. The number of carbonyl (C=O) groups is 1. The van der Waals surface area contributed by atoms with Crippen molar-refractivity contribution in [2.45, 2.75) is 40.3 Å². The Morgan fingerprint density at radius 2 is 2.04 bits per heavy atom. The van der Waals surface area contributed by atoms with Crippen LogP contribution in [0.2, 0.25) is 0 Å². The minimum Gasteiger partial charge on any atom is -0.489 e. The molecule has 7 nitrogen and oxygen atoms in total. The van der Waals surface area contributed by atoms with Crippen LogP contribution in [0, 0.1) is 6.92 Å². The molecule has 0 bridgehead atoms. The van der Waals surface area contributed by atoms with Crippen LogP contribution in [0.1, 0.15) is 41.2 Å². The third-order valence-electron chi connectivity index (χ3n) is 4.13. The van der Waals surface area contributed by atoms with Gasteiger partial charge in [0, 0.05) is 12.7 Å². The van der Waals surface area contributed by atoms with Crippen molar-refractivity contribution in [1.29, 1.82) is 0 Å². The van der Waals surface area contributed by atoms with Gasteiger partial charge in [-0.2, -0.15) is 5.10 Å². The average molecular weight is 354 g/mol. The van der Waals surface area contributed by atoms with E-state index in [2.05, 4.69) is 22.5 Å². The monoisotopic (exact) mass is 354 g/mol. The number of ether oxygens (including phenoxy) is 1. The fourth-order valence-electron chi connectivity index (χ4n) is 2.51. The van der Waals surface area contributed by atoms with Gasteiger partial charge in [0.1, 0.15) is 18.1 Å². The number of nitrogens with one attached hydrogen (secondary N) is 1. The lowest BCUT2D eigenvalue weighted by Crippen LogP contribution is -2.15. The highest BCUT2D eigenvalue weighted by molar-refractivity contribution is 6.03. The molecule has 0 atom stereocenters. The van der Waals surface area contributed by atoms with Crippen molar-refractivity contribution in [2.24, 2.45) is 0 Å². The molecule has 0 fully saturated rings. The molecule has 2 aromatic heterocycles. The molecule has 0 aliphatic rings. The molecule has 3 aromatic rings. The summed E-state index contributed by atoms with van der Waals surface area (Å²) in [5.41, 5.74) is 2.70. The van der Waals surface area contributed by atoms with Crippen LogP contribution >= 0.6 is 0 Å². The lowest BCUT2D eigenvalue weighted by Gasteiger charge is -2.07. The Morgan fingerprint density at radius 1 is 1.27 bits per heavy atom. The number of benzene rings is 1. The van der Waals surface area contributed by atoms with Crippen LogP contribution in [-0.2, 0) is 19.6 Å². The van der Waals surface area contributed by atoms with Gasteiger partial charge in [-0.15, -0.1) is 0 Å². The smallest absolute Gasteiger partial charge is 0.278 e. The van der Waals surface area contributed by atoms with Gasteiger partial charge in [0.25, 0.3) is 5.91 Å². The first kappa shape index (κ1) is 17.7. The Balaban J connectivity index is 1.70. The minimum atomic E-state index is -0.350. The van der Waals surface area contributed by atoms with E-state index in [9.17, 15) is 4.79 Å². The lowest BCUT2D eigenvalue weighted by atomic mass is 10.1. The third-order valence-corrected chi connectivity index (χ3v) is 4.13. The highest BCUT2D eigenvalue weighted by Gasteiger charge is 2.21. The number of aromatic nitrogens is 3. The molecule has 7 heteroatoms. The van der Waals surface area contributed by atoms with E-state index in [4.69, 9.17) is 9.26 Å². The van der Waals surface area contributed by atoms with E-state index in [1.807, 2.05) is 31.2 Å². The maximum Gasteiger partial charge on any atom is 0.278 e. The summed E-state index contributed by atoms with van der Waals surface area (Å²) in [4.78, 5) is 12.5. The van der Waals surface area contributed by atoms with Gasteiger partial charge in [-0.3, -0.25) is 9.48 Å². The molecule has 1 amide bonds. The number of hydrogen-bond donors (Lipinski definition) is 1. The number of rotatable bonds is 7. The summed E-state index contributed by atoms with van der Waals surface area (Å²) in [5, 5.41) is 10.8. The molecule has 0 aliphatic heterocycles. The van der Waals surface area contributed by atoms with E-state index in [-0.39, 0.29) is 18.2 Å². The van der Waals surface area contributed by atoms with Gasteiger partial charge in [0.05, 0.1) is 17.4 Å². The van der Waals surface area contributed by atoms with Crippen LogP contribution < -0.4 is 10.1 Å². The molecule has 0 saturated heterocycles. The van der Waals surface area contributed by atoms with Crippen LogP contribution in [0.3, 0.4) is 0 Å². The Kier molecular flexibility index (Phi) is 5.36. The molecular weight excluding hydrogens is 332 g/mol. The Bertz CT molecular complexity index is 881. The molecule has 2 heterocycles. The lowest BCUT2D eigenvalue weighted by molar-refractivity contribution is 0.101. The maximum atomic E-state index is 12.5. The van der Waals surface area contributed by atoms with E-state index in [1.165, 1.54) is 5.56 Å². The highest BCUT2D eigenvalue weighted by atomic mass is 16.5. The zero-order chi connectivity index (χ0) is 18.5. The number of amides is 1. The standard InChI is InChI=1S/C19H22N4O3/c1-4-14-6-8-16(9-7-14)25-12-17-13(3)26-22-18(17)19(24)21-15-10-20-23(5-2)11-15/h6-11H,4-5,12H2,1-3H3,(H,21,24). The van der Waals surface area contributed by atoms with Gasteiger partial charge in [-0.1, -0.05) is 24.2 Å². The van der Waals surface area contributed by atoms with Crippen molar-refractivity contribution >= 4 is 11.6 Å². The predicted molar refractivity (Wildman–Crippen MR) is 97.2 cm³/mol. The molecule has 1 aromatic carbocycles. The van der Waals surface area contributed by atoms with Crippen LogP contribution in [0.4, 0.5) is 5.69 Å². The number of carbonyl (C=O) groups excluding carboxylic acids is 1. The van der Waals surface area contributed by atoms with Crippen molar-refractivity contribution in [3.63, 3.8) is 0 Å². The number of aryl methyl sites for hydroxylation is 3. The Morgan fingerprint density at radius 3 is 2.69 bits per heavy atom. The SMILES string of the molecule is CCc1ccc(OCc2c(C(=O)Nc3cnn(CC)c3)noc2C)cc1. The first-order valence-electron chi connectivity index (χ1n) is 8.61. The highest BCUT2D eigenvalue weighted by Crippen LogP contribution is 2.20. The zero-order valence-corrected chi connectivity index (χ0v) is 15.2. The topological polar surface area (TPSA) is 82.2 Å². The zero-order valence-electron chi connectivity index (χ0n) is 15.2.